The minimum Gasteiger partial charge on any atom is -0.457 e. The molecule has 0 aliphatic carbocycles. The standard InChI is InChI=1S/C21H21ClN6O3/c1-13-4-2-3-5-16(13)25-21-27-17(26-20(23)28-21)12-31-18(29)10-11-24-19(30)14-6-8-15(22)9-7-14/h2-9H,10-12H2,1H3,(H,24,30)(H3,23,25,26,27,28). The van der Waals surface area contributed by atoms with Crippen molar-refractivity contribution in [2.45, 2.75) is 20.0 Å². The Labute approximate surface area is 184 Å². The first-order valence-electron chi connectivity index (χ1n) is 9.43. The lowest BCUT2D eigenvalue weighted by atomic mass is 10.2. The van der Waals surface area contributed by atoms with E-state index in [1.807, 2.05) is 31.2 Å². The summed E-state index contributed by atoms with van der Waals surface area (Å²) in [5.74, 6) is -0.344. The van der Waals surface area contributed by atoms with Gasteiger partial charge in [-0.2, -0.15) is 15.0 Å². The second-order valence-corrected chi connectivity index (χ2v) is 6.98. The van der Waals surface area contributed by atoms with Crippen LogP contribution in [0, 0.1) is 6.92 Å². The molecule has 0 spiro atoms. The number of nitrogens with one attached hydrogen (secondary N) is 2. The van der Waals surface area contributed by atoms with Crippen LogP contribution in [0.25, 0.3) is 0 Å². The van der Waals surface area contributed by atoms with Crippen molar-refractivity contribution in [3.63, 3.8) is 0 Å². The van der Waals surface area contributed by atoms with Gasteiger partial charge in [0.15, 0.2) is 12.4 Å². The quantitative estimate of drug-likeness (QED) is 0.455. The number of halogens is 1. The van der Waals surface area contributed by atoms with Gasteiger partial charge in [0.1, 0.15) is 0 Å². The number of hydrogen-bond donors (Lipinski definition) is 3. The number of aromatic nitrogens is 3. The Morgan fingerprint density at radius 2 is 1.81 bits per heavy atom. The number of para-hydroxylation sites is 1. The largest absolute Gasteiger partial charge is 0.457 e. The predicted octanol–water partition coefficient (Wildman–Crippen LogP) is 3.02. The Bertz CT molecular complexity index is 1070. The molecule has 10 heteroatoms. The number of carbonyl (C=O) groups excluding carboxylic acids is 2. The minimum atomic E-state index is -0.510. The second-order valence-electron chi connectivity index (χ2n) is 6.55. The first kappa shape index (κ1) is 22.0. The summed E-state index contributed by atoms with van der Waals surface area (Å²) < 4.78 is 5.17. The molecule has 1 aromatic heterocycles. The lowest BCUT2D eigenvalue weighted by molar-refractivity contribution is -0.145. The first-order chi connectivity index (χ1) is 14.9. The monoisotopic (exact) mass is 440 g/mol. The maximum Gasteiger partial charge on any atom is 0.308 e. The Balaban J connectivity index is 1.48. The van der Waals surface area contributed by atoms with Crippen LogP contribution in [0.2, 0.25) is 5.02 Å². The van der Waals surface area contributed by atoms with Crippen molar-refractivity contribution in [3.05, 3.63) is 70.5 Å². The van der Waals surface area contributed by atoms with E-state index >= 15 is 0 Å². The van der Waals surface area contributed by atoms with E-state index in [4.69, 9.17) is 22.1 Å². The fourth-order valence-electron chi connectivity index (χ4n) is 2.59. The number of anilines is 3. The molecule has 0 aliphatic heterocycles. The SMILES string of the molecule is Cc1ccccc1Nc1nc(N)nc(COC(=O)CCNC(=O)c2ccc(Cl)cc2)n1. The van der Waals surface area contributed by atoms with Gasteiger partial charge < -0.3 is 21.1 Å². The van der Waals surface area contributed by atoms with E-state index in [2.05, 4.69) is 25.6 Å². The summed E-state index contributed by atoms with van der Waals surface area (Å²) in [6.45, 7) is 1.90. The van der Waals surface area contributed by atoms with Crippen LogP contribution in [0.3, 0.4) is 0 Å². The van der Waals surface area contributed by atoms with Crippen LogP contribution in [-0.2, 0) is 16.1 Å². The molecule has 1 amide bonds. The molecule has 0 radical (unpaired) electrons. The fraction of sp³-hybridized carbons (Fsp3) is 0.190. The highest BCUT2D eigenvalue weighted by atomic mass is 35.5. The van der Waals surface area contributed by atoms with Crippen molar-refractivity contribution in [1.82, 2.24) is 20.3 Å². The van der Waals surface area contributed by atoms with Crippen LogP contribution in [0.5, 0.6) is 0 Å². The van der Waals surface area contributed by atoms with Gasteiger partial charge in [0.25, 0.3) is 5.91 Å². The van der Waals surface area contributed by atoms with Crippen molar-refractivity contribution < 1.29 is 14.3 Å². The van der Waals surface area contributed by atoms with Crippen LogP contribution >= 0.6 is 11.6 Å². The van der Waals surface area contributed by atoms with Crippen molar-refractivity contribution in [2.75, 3.05) is 17.6 Å². The topological polar surface area (TPSA) is 132 Å². The summed E-state index contributed by atoms with van der Waals surface area (Å²) >= 11 is 5.80. The van der Waals surface area contributed by atoms with E-state index in [9.17, 15) is 9.59 Å². The molecular formula is C21H21ClN6O3. The highest BCUT2D eigenvalue weighted by molar-refractivity contribution is 6.30. The number of esters is 1. The number of amides is 1. The molecule has 0 saturated heterocycles. The zero-order valence-corrected chi connectivity index (χ0v) is 17.5. The van der Waals surface area contributed by atoms with E-state index in [0.29, 0.717) is 10.6 Å². The minimum absolute atomic E-state index is 0.00574. The molecule has 0 aliphatic rings. The van der Waals surface area contributed by atoms with Crippen LogP contribution in [0.15, 0.2) is 48.5 Å². The summed E-state index contributed by atoms with van der Waals surface area (Å²) in [6, 6.07) is 14.1. The van der Waals surface area contributed by atoms with Crippen molar-refractivity contribution in [3.8, 4) is 0 Å². The highest BCUT2D eigenvalue weighted by Gasteiger charge is 2.11. The van der Waals surface area contributed by atoms with Crippen molar-refractivity contribution in [2.24, 2.45) is 0 Å². The van der Waals surface area contributed by atoms with Crippen LogP contribution in [-0.4, -0.2) is 33.4 Å². The number of carbonyl (C=O) groups is 2. The van der Waals surface area contributed by atoms with Gasteiger partial charge in [-0.15, -0.1) is 0 Å². The van der Waals surface area contributed by atoms with Gasteiger partial charge in [0.05, 0.1) is 6.42 Å². The van der Waals surface area contributed by atoms with E-state index in [0.717, 1.165) is 11.3 Å². The van der Waals surface area contributed by atoms with Crippen LogP contribution < -0.4 is 16.4 Å². The zero-order valence-electron chi connectivity index (χ0n) is 16.8. The molecule has 0 saturated carbocycles. The van der Waals surface area contributed by atoms with Gasteiger partial charge in [0, 0.05) is 22.8 Å². The summed E-state index contributed by atoms with van der Waals surface area (Å²) in [4.78, 5) is 36.2. The Morgan fingerprint density at radius 3 is 2.55 bits per heavy atom. The molecule has 3 rings (SSSR count). The number of ether oxygens (including phenoxy) is 1. The number of nitrogen functional groups attached to an aromatic ring is 1. The number of nitrogens with zero attached hydrogens (tertiary/aromatic N) is 3. The normalized spacial score (nSPS) is 10.4. The maximum absolute atomic E-state index is 12.0. The Hall–Kier alpha value is -3.72. The summed E-state index contributed by atoms with van der Waals surface area (Å²) in [5.41, 5.74) is 8.02. The number of hydrogen-bond acceptors (Lipinski definition) is 8. The molecule has 2 aromatic carbocycles. The lowest BCUT2D eigenvalue weighted by Gasteiger charge is -2.10. The fourth-order valence-corrected chi connectivity index (χ4v) is 2.72. The summed E-state index contributed by atoms with van der Waals surface area (Å²) in [5, 5.41) is 6.25. The van der Waals surface area contributed by atoms with Gasteiger partial charge in [-0.3, -0.25) is 9.59 Å². The lowest BCUT2D eigenvalue weighted by Crippen LogP contribution is -2.26. The third kappa shape index (κ3) is 6.65. The number of nitrogens with two attached hydrogens (primary N) is 1. The van der Waals surface area contributed by atoms with Gasteiger partial charge >= 0.3 is 5.97 Å². The summed E-state index contributed by atoms with van der Waals surface area (Å²) in [7, 11) is 0. The predicted molar refractivity (Wildman–Crippen MR) is 117 cm³/mol. The molecule has 4 N–H and O–H groups in total. The molecule has 9 nitrogen and oxygen atoms in total. The third-order valence-electron chi connectivity index (χ3n) is 4.17. The number of aryl methyl sites for hydroxylation is 1. The van der Waals surface area contributed by atoms with Crippen LogP contribution in [0.1, 0.15) is 28.2 Å². The molecule has 1 heterocycles. The van der Waals surface area contributed by atoms with Gasteiger partial charge in [-0.25, -0.2) is 0 Å². The highest BCUT2D eigenvalue weighted by Crippen LogP contribution is 2.18. The average Bonchev–Trinajstić information content (AvgIpc) is 2.74. The molecule has 31 heavy (non-hydrogen) atoms. The second kappa shape index (κ2) is 10.4. The molecule has 0 atom stereocenters. The van der Waals surface area contributed by atoms with Gasteiger partial charge in [-0.1, -0.05) is 29.8 Å². The molecular weight excluding hydrogens is 420 g/mol. The smallest absolute Gasteiger partial charge is 0.308 e. The van der Waals surface area contributed by atoms with Crippen molar-refractivity contribution >= 4 is 41.1 Å². The molecule has 3 aromatic rings. The molecule has 0 unspecified atom stereocenters. The number of benzene rings is 2. The van der Waals surface area contributed by atoms with E-state index in [-0.39, 0.29) is 43.2 Å². The van der Waals surface area contributed by atoms with Gasteiger partial charge in [-0.05, 0) is 42.8 Å². The summed E-state index contributed by atoms with van der Waals surface area (Å²) in [6.07, 6.45) is -0.00574. The van der Waals surface area contributed by atoms with E-state index in [1.165, 1.54) is 0 Å². The first-order valence-corrected chi connectivity index (χ1v) is 9.81. The molecule has 0 bridgehead atoms. The molecule has 160 valence electrons. The Kier molecular flexibility index (Phi) is 7.34. The molecule has 0 fully saturated rings. The third-order valence-corrected chi connectivity index (χ3v) is 4.43. The average molecular weight is 441 g/mol. The van der Waals surface area contributed by atoms with Gasteiger partial charge in [0.2, 0.25) is 11.9 Å². The number of rotatable bonds is 8. The maximum atomic E-state index is 12.0. The van der Waals surface area contributed by atoms with E-state index < -0.39 is 5.97 Å². The van der Waals surface area contributed by atoms with E-state index in [1.54, 1.807) is 24.3 Å². The zero-order chi connectivity index (χ0) is 22.2. The Morgan fingerprint density at radius 1 is 1.06 bits per heavy atom. The van der Waals surface area contributed by atoms with Crippen LogP contribution in [0.4, 0.5) is 17.6 Å². The van der Waals surface area contributed by atoms with Crippen molar-refractivity contribution in [1.29, 1.82) is 0 Å².